The largest absolute Gasteiger partial charge is 0.480 e. The number of nitrogens with zero attached hydrogens (tertiary/aromatic N) is 2. The number of hydrogen-bond donors (Lipinski definition) is 6. The second-order valence-corrected chi connectivity index (χ2v) is 6.65. The summed E-state index contributed by atoms with van der Waals surface area (Å²) in [4.78, 5) is 52.4. The van der Waals surface area contributed by atoms with Crippen molar-refractivity contribution in [3.8, 4) is 0 Å². The van der Waals surface area contributed by atoms with Gasteiger partial charge in [0.1, 0.15) is 12.1 Å². The SMILES string of the molecule is NC(=O)CCC(NC(=O)C1CCCN1C(=O)C(N)CCCN=C(N)N)C(=O)O. The highest BCUT2D eigenvalue weighted by atomic mass is 16.4. The first-order chi connectivity index (χ1) is 13.1. The number of guanidine groups is 1. The molecular weight excluding hydrogens is 370 g/mol. The van der Waals surface area contributed by atoms with E-state index in [2.05, 4.69) is 10.3 Å². The summed E-state index contributed by atoms with van der Waals surface area (Å²) >= 11 is 0. The summed E-state index contributed by atoms with van der Waals surface area (Å²) in [5.74, 6) is -2.95. The summed E-state index contributed by atoms with van der Waals surface area (Å²) in [6.45, 7) is 0.699. The highest BCUT2D eigenvalue weighted by molar-refractivity contribution is 5.92. The number of amides is 3. The van der Waals surface area contributed by atoms with Gasteiger partial charge in [0, 0.05) is 19.5 Å². The fourth-order valence-electron chi connectivity index (χ4n) is 2.97. The molecule has 0 aromatic heterocycles. The van der Waals surface area contributed by atoms with Crippen LogP contribution in [0.4, 0.5) is 0 Å². The molecule has 1 fully saturated rings. The van der Waals surface area contributed by atoms with Crippen molar-refractivity contribution in [2.24, 2.45) is 27.9 Å². The van der Waals surface area contributed by atoms with E-state index in [4.69, 9.17) is 22.9 Å². The number of primary amides is 1. The minimum Gasteiger partial charge on any atom is -0.480 e. The van der Waals surface area contributed by atoms with Gasteiger partial charge >= 0.3 is 5.97 Å². The van der Waals surface area contributed by atoms with E-state index in [1.807, 2.05) is 0 Å². The van der Waals surface area contributed by atoms with Crippen molar-refractivity contribution >= 4 is 29.7 Å². The van der Waals surface area contributed by atoms with Gasteiger partial charge in [-0.3, -0.25) is 19.4 Å². The molecule has 0 aromatic rings. The van der Waals surface area contributed by atoms with E-state index >= 15 is 0 Å². The lowest BCUT2D eigenvalue weighted by molar-refractivity contribution is -0.144. The number of nitrogens with one attached hydrogen (secondary N) is 1. The zero-order valence-corrected chi connectivity index (χ0v) is 15.7. The predicted octanol–water partition coefficient (Wildman–Crippen LogP) is -2.81. The summed E-state index contributed by atoms with van der Waals surface area (Å²) in [7, 11) is 0. The summed E-state index contributed by atoms with van der Waals surface area (Å²) in [5, 5.41) is 11.6. The van der Waals surface area contributed by atoms with Gasteiger partial charge in [-0.1, -0.05) is 0 Å². The van der Waals surface area contributed by atoms with Crippen molar-refractivity contribution in [1.29, 1.82) is 0 Å². The second kappa shape index (κ2) is 11.1. The lowest BCUT2D eigenvalue weighted by Crippen LogP contribution is -2.54. The Morgan fingerprint density at radius 1 is 1.18 bits per heavy atom. The summed E-state index contributed by atoms with van der Waals surface area (Å²) in [6, 6.07) is -2.87. The average Bonchev–Trinajstić information content (AvgIpc) is 3.10. The van der Waals surface area contributed by atoms with Crippen LogP contribution in [0, 0.1) is 0 Å². The molecule has 158 valence electrons. The molecule has 28 heavy (non-hydrogen) atoms. The van der Waals surface area contributed by atoms with Crippen LogP contribution in [-0.2, 0) is 19.2 Å². The molecular formula is C16H29N7O5. The highest BCUT2D eigenvalue weighted by Gasteiger charge is 2.37. The minimum absolute atomic E-state index is 0.0412. The first-order valence-electron chi connectivity index (χ1n) is 9.06. The summed E-state index contributed by atoms with van der Waals surface area (Å²) < 4.78 is 0. The fourth-order valence-corrected chi connectivity index (χ4v) is 2.97. The molecule has 3 atom stereocenters. The Morgan fingerprint density at radius 2 is 1.86 bits per heavy atom. The molecule has 12 heteroatoms. The molecule has 10 N–H and O–H groups in total. The number of rotatable bonds is 11. The van der Waals surface area contributed by atoms with Gasteiger partial charge in [0.2, 0.25) is 17.7 Å². The van der Waals surface area contributed by atoms with Crippen molar-refractivity contribution in [1.82, 2.24) is 10.2 Å². The summed E-state index contributed by atoms with van der Waals surface area (Å²) in [5.41, 5.74) is 21.4. The summed E-state index contributed by atoms with van der Waals surface area (Å²) in [6.07, 6.45) is 1.55. The van der Waals surface area contributed by atoms with E-state index in [1.54, 1.807) is 0 Å². The number of nitrogens with two attached hydrogens (primary N) is 4. The van der Waals surface area contributed by atoms with Crippen LogP contribution in [-0.4, -0.2) is 70.9 Å². The van der Waals surface area contributed by atoms with Gasteiger partial charge in [-0.25, -0.2) is 4.79 Å². The van der Waals surface area contributed by atoms with Crippen molar-refractivity contribution in [3.05, 3.63) is 0 Å². The van der Waals surface area contributed by atoms with Gasteiger partial charge in [-0.15, -0.1) is 0 Å². The number of carboxylic acid groups (broad SMARTS) is 1. The van der Waals surface area contributed by atoms with Crippen LogP contribution in [0.3, 0.4) is 0 Å². The molecule has 0 bridgehead atoms. The number of hydrogen-bond acceptors (Lipinski definition) is 6. The van der Waals surface area contributed by atoms with Crippen LogP contribution >= 0.6 is 0 Å². The topological polar surface area (TPSA) is 220 Å². The van der Waals surface area contributed by atoms with Gasteiger partial charge in [-0.05, 0) is 32.1 Å². The molecule has 0 saturated carbocycles. The minimum atomic E-state index is -1.28. The number of carbonyl (C=O) groups is 4. The molecule has 1 aliphatic heterocycles. The Morgan fingerprint density at radius 3 is 2.43 bits per heavy atom. The maximum Gasteiger partial charge on any atom is 0.326 e. The Balaban J connectivity index is 2.64. The molecule has 1 heterocycles. The maximum atomic E-state index is 12.6. The van der Waals surface area contributed by atoms with Crippen molar-refractivity contribution < 1.29 is 24.3 Å². The third kappa shape index (κ3) is 7.39. The lowest BCUT2D eigenvalue weighted by atomic mass is 10.1. The molecule has 3 unspecified atom stereocenters. The van der Waals surface area contributed by atoms with Crippen LogP contribution in [0.1, 0.15) is 38.5 Å². The van der Waals surface area contributed by atoms with Crippen LogP contribution < -0.4 is 28.3 Å². The maximum absolute atomic E-state index is 12.6. The van der Waals surface area contributed by atoms with E-state index in [9.17, 15) is 24.3 Å². The number of carboxylic acids is 1. The van der Waals surface area contributed by atoms with E-state index in [1.165, 1.54) is 4.90 Å². The molecule has 12 nitrogen and oxygen atoms in total. The molecule has 0 aromatic carbocycles. The Bertz CT molecular complexity index is 621. The van der Waals surface area contributed by atoms with Crippen LogP contribution in [0.15, 0.2) is 4.99 Å². The third-order valence-electron chi connectivity index (χ3n) is 4.42. The highest BCUT2D eigenvalue weighted by Crippen LogP contribution is 2.19. The van der Waals surface area contributed by atoms with E-state index in [-0.39, 0.29) is 24.7 Å². The Hall–Kier alpha value is -2.89. The number of likely N-dealkylation sites (tertiary alicyclic amines) is 1. The zero-order valence-electron chi connectivity index (χ0n) is 15.7. The molecule has 1 saturated heterocycles. The van der Waals surface area contributed by atoms with Crippen LogP contribution in [0.2, 0.25) is 0 Å². The smallest absolute Gasteiger partial charge is 0.326 e. The van der Waals surface area contributed by atoms with E-state index < -0.39 is 35.9 Å². The Kier molecular flexibility index (Phi) is 9.15. The Labute approximate surface area is 162 Å². The average molecular weight is 399 g/mol. The first-order valence-corrected chi connectivity index (χ1v) is 9.06. The van der Waals surface area contributed by atoms with Gasteiger partial charge in [0.15, 0.2) is 5.96 Å². The number of aliphatic imine (C=N–C) groups is 1. The van der Waals surface area contributed by atoms with Crippen LogP contribution in [0.5, 0.6) is 0 Å². The third-order valence-corrected chi connectivity index (χ3v) is 4.42. The van der Waals surface area contributed by atoms with Crippen molar-refractivity contribution in [3.63, 3.8) is 0 Å². The van der Waals surface area contributed by atoms with Gasteiger partial charge in [-0.2, -0.15) is 0 Å². The number of aliphatic carboxylic acids is 1. The van der Waals surface area contributed by atoms with Gasteiger partial charge in [0.05, 0.1) is 6.04 Å². The van der Waals surface area contributed by atoms with Crippen molar-refractivity contribution in [2.75, 3.05) is 13.1 Å². The van der Waals surface area contributed by atoms with Gasteiger partial charge in [0.25, 0.3) is 0 Å². The molecule has 0 spiro atoms. The lowest BCUT2D eigenvalue weighted by Gasteiger charge is -2.27. The molecule has 0 aliphatic carbocycles. The zero-order chi connectivity index (χ0) is 21.3. The standard InChI is InChI=1S/C16H29N7O5/c17-9(3-1-7-21-16(19)20)14(26)23-8-2-4-11(23)13(25)22-10(15(27)28)5-6-12(18)24/h9-11H,1-8,17H2,(H2,18,24)(H,22,25)(H,27,28)(H4,19,20,21). The fraction of sp³-hybridized carbons (Fsp3) is 0.688. The molecule has 0 radical (unpaired) electrons. The molecule has 3 amide bonds. The van der Waals surface area contributed by atoms with Crippen LogP contribution in [0.25, 0.3) is 0 Å². The normalized spacial score (nSPS) is 18.2. The monoisotopic (exact) mass is 399 g/mol. The molecule has 1 rings (SSSR count). The second-order valence-electron chi connectivity index (χ2n) is 6.65. The van der Waals surface area contributed by atoms with Crippen molar-refractivity contribution in [2.45, 2.75) is 56.7 Å². The number of carbonyl (C=O) groups excluding carboxylic acids is 3. The predicted molar refractivity (Wildman–Crippen MR) is 101 cm³/mol. The van der Waals surface area contributed by atoms with Gasteiger partial charge < -0.3 is 38.3 Å². The molecule has 1 aliphatic rings. The first kappa shape index (κ1) is 23.1. The van der Waals surface area contributed by atoms with E-state index in [0.29, 0.717) is 38.8 Å². The van der Waals surface area contributed by atoms with E-state index in [0.717, 1.165) is 0 Å². The quantitative estimate of drug-likeness (QED) is 0.121.